The molecule has 3 nitrogen and oxygen atoms in total. The maximum Gasteiger partial charge on any atom is 0.312 e. The van der Waals surface area contributed by atoms with Crippen LogP contribution in [0.4, 0.5) is 0 Å². The van der Waals surface area contributed by atoms with E-state index < -0.39 is 15.4 Å². The number of benzene rings is 3. The van der Waals surface area contributed by atoms with Crippen LogP contribution in [0.3, 0.4) is 0 Å². The Hall–Kier alpha value is -2.24. The van der Waals surface area contributed by atoms with Gasteiger partial charge in [-0.25, -0.2) is 0 Å². The Morgan fingerprint density at radius 1 is 0.654 bits per heavy atom. The largest absolute Gasteiger partial charge is 0.382 e. The van der Waals surface area contributed by atoms with Crippen molar-refractivity contribution in [3.8, 4) is 5.75 Å². The van der Waals surface area contributed by atoms with Crippen LogP contribution in [-0.2, 0) is 23.0 Å². The zero-order valence-electron chi connectivity index (χ0n) is 14.3. The summed E-state index contributed by atoms with van der Waals surface area (Å²) in [6, 6.07) is 27.9. The molecule has 0 N–H and O–H groups in total. The summed E-state index contributed by atoms with van der Waals surface area (Å²) in [5.41, 5.74) is 1.95. The minimum atomic E-state index is -3.77. The van der Waals surface area contributed by atoms with Crippen molar-refractivity contribution in [1.29, 1.82) is 0 Å². The molecule has 3 rings (SSSR count). The van der Waals surface area contributed by atoms with Crippen molar-refractivity contribution in [3.05, 3.63) is 102 Å². The van der Waals surface area contributed by atoms with Gasteiger partial charge in [-0.05, 0) is 36.1 Å². The molecule has 0 amide bonds. The number of hydrogen-bond donors (Lipinski definition) is 0. The van der Waals surface area contributed by atoms with E-state index in [1.807, 2.05) is 66.7 Å². The fraction of sp³-hybridized carbons (Fsp3) is 0.143. The van der Waals surface area contributed by atoms with Crippen molar-refractivity contribution in [3.63, 3.8) is 0 Å². The second-order valence-electron chi connectivity index (χ2n) is 5.89. The molecule has 0 aliphatic heterocycles. The summed E-state index contributed by atoms with van der Waals surface area (Å²) in [6.07, 6.45) is 0.815. The van der Waals surface area contributed by atoms with Gasteiger partial charge in [0, 0.05) is 0 Å². The van der Waals surface area contributed by atoms with Crippen LogP contribution in [0, 0.1) is 0 Å². The molecule has 0 atom stereocenters. The topological polar surface area (TPSA) is 43.4 Å². The van der Waals surface area contributed by atoms with Crippen molar-refractivity contribution in [2.45, 2.75) is 18.1 Å². The van der Waals surface area contributed by atoms with Crippen LogP contribution in [0.1, 0.15) is 11.1 Å². The van der Waals surface area contributed by atoms with E-state index in [0.717, 1.165) is 11.1 Å². The van der Waals surface area contributed by atoms with Crippen molar-refractivity contribution < 1.29 is 12.6 Å². The molecular formula is C21H22O3S2. The molecular weight excluding hydrogens is 364 g/mol. The Morgan fingerprint density at radius 3 is 1.46 bits per heavy atom. The molecule has 0 fully saturated rings. The third-order valence-corrected chi connectivity index (χ3v) is 5.55. The first-order valence-electron chi connectivity index (χ1n) is 8.20. The quantitative estimate of drug-likeness (QED) is 0.567. The Labute approximate surface area is 162 Å². The lowest BCUT2D eigenvalue weighted by molar-refractivity contribution is 0.468. The summed E-state index contributed by atoms with van der Waals surface area (Å²) in [6.45, 7) is 0. The van der Waals surface area contributed by atoms with Gasteiger partial charge in [0.15, 0.2) is 0 Å². The molecule has 0 unspecified atom stereocenters. The third-order valence-electron chi connectivity index (χ3n) is 3.98. The molecule has 0 aromatic heterocycles. The minimum absolute atomic E-state index is 0. The monoisotopic (exact) mass is 386 g/mol. The molecule has 0 aliphatic rings. The average Bonchev–Trinajstić information content (AvgIpc) is 2.63. The second-order valence-corrected chi connectivity index (χ2v) is 7.71. The van der Waals surface area contributed by atoms with Crippen molar-refractivity contribution >= 4 is 23.6 Å². The van der Waals surface area contributed by atoms with Crippen LogP contribution in [0.25, 0.3) is 0 Å². The van der Waals surface area contributed by atoms with E-state index in [1.54, 1.807) is 24.3 Å². The van der Waals surface area contributed by atoms with Crippen LogP contribution < -0.4 is 4.18 Å². The summed E-state index contributed by atoms with van der Waals surface area (Å²) >= 11 is 0. The van der Waals surface area contributed by atoms with Gasteiger partial charge in [0.25, 0.3) is 0 Å². The molecule has 0 bridgehead atoms. The van der Waals surface area contributed by atoms with Crippen molar-refractivity contribution in [1.82, 2.24) is 0 Å². The smallest absolute Gasteiger partial charge is 0.312 e. The van der Waals surface area contributed by atoms with E-state index in [1.165, 1.54) is 0 Å². The zero-order chi connectivity index (χ0) is 17.5. The van der Waals surface area contributed by atoms with Crippen molar-refractivity contribution in [2.75, 3.05) is 0 Å². The van der Waals surface area contributed by atoms with Gasteiger partial charge in [0.2, 0.25) is 0 Å². The number of para-hydroxylation sites is 1. The summed E-state index contributed by atoms with van der Waals surface area (Å²) in [5.74, 6) is 0.341. The van der Waals surface area contributed by atoms with Gasteiger partial charge in [-0.1, -0.05) is 78.9 Å². The number of hydrogen-bond acceptors (Lipinski definition) is 3. The van der Waals surface area contributed by atoms with Crippen LogP contribution in [0.15, 0.2) is 91.0 Å². The zero-order valence-corrected chi connectivity index (χ0v) is 16.1. The molecule has 0 aliphatic carbocycles. The van der Waals surface area contributed by atoms with E-state index >= 15 is 0 Å². The Kier molecular flexibility index (Phi) is 7.30. The molecule has 0 spiro atoms. The fourth-order valence-corrected chi connectivity index (χ4v) is 4.02. The molecule has 0 saturated carbocycles. The molecule has 3 aromatic carbocycles. The number of rotatable bonds is 7. The summed E-state index contributed by atoms with van der Waals surface area (Å²) < 4.78 is 31.2. The van der Waals surface area contributed by atoms with Gasteiger partial charge < -0.3 is 4.18 Å². The molecule has 26 heavy (non-hydrogen) atoms. The van der Waals surface area contributed by atoms with E-state index in [-0.39, 0.29) is 13.5 Å². The maximum atomic E-state index is 12.9. The predicted molar refractivity (Wildman–Crippen MR) is 110 cm³/mol. The highest BCUT2D eigenvalue weighted by molar-refractivity contribution is 7.87. The first-order valence-corrected chi connectivity index (χ1v) is 9.67. The van der Waals surface area contributed by atoms with Crippen LogP contribution in [-0.4, -0.2) is 13.7 Å². The van der Waals surface area contributed by atoms with Crippen LogP contribution in [0.2, 0.25) is 0 Å². The van der Waals surface area contributed by atoms with E-state index in [9.17, 15) is 8.42 Å². The highest BCUT2D eigenvalue weighted by Crippen LogP contribution is 2.20. The molecule has 3 aromatic rings. The SMILES string of the molecule is O=S(=O)(Oc1ccccc1)C(Cc1ccccc1)Cc1ccccc1.S. The first-order chi connectivity index (χ1) is 12.1. The average molecular weight is 387 g/mol. The lowest BCUT2D eigenvalue weighted by Gasteiger charge is -2.18. The predicted octanol–water partition coefficient (Wildman–Crippen LogP) is 4.36. The van der Waals surface area contributed by atoms with Gasteiger partial charge in [-0.3, -0.25) is 0 Å². The van der Waals surface area contributed by atoms with E-state index in [4.69, 9.17) is 4.18 Å². The summed E-state index contributed by atoms with van der Waals surface area (Å²) in [7, 11) is -3.77. The van der Waals surface area contributed by atoms with Gasteiger partial charge >= 0.3 is 10.1 Å². The van der Waals surface area contributed by atoms with E-state index in [0.29, 0.717) is 18.6 Å². The molecule has 136 valence electrons. The maximum absolute atomic E-state index is 12.9. The van der Waals surface area contributed by atoms with Gasteiger partial charge in [0.05, 0.1) is 0 Å². The molecule has 0 radical (unpaired) electrons. The Balaban J connectivity index is 0.00000243. The molecule has 0 heterocycles. The Bertz CT molecular complexity index is 839. The fourth-order valence-electron chi connectivity index (χ4n) is 2.71. The minimum Gasteiger partial charge on any atom is -0.382 e. The van der Waals surface area contributed by atoms with Gasteiger partial charge in [-0.2, -0.15) is 21.9 Å². The Morgan fingerprint density at radius 2 is 1.04 bits per heavy atom. The lowest BCUT2D eigenvalue weighted by Crippen LogP contribution is -2.30. The van der Waals surface area contributed by atoms with Crippen molar-refractivity contribution in [2.24, 2.45) is 0 Å². The van der Waals surface area contributed by atoms with Gasteiger partial charge in [-0.15, -0.1) is 0 Å². The summed E-state index contributed by atoms with van der Waals surface area (Å²) in [4.78, 5) is 0. The highest BCUT2D eigenvalue weighted by atomic mass is 32.2. The van der Waals surface area contributed by atoms with Crippen LogP contribution in [0.5, 0.6) is 5.75 Å². The summed E-state index contributed by atoms with van der Waals surface area (Å²) in [5, 5.41) is -0.655. The second kappa shape index (κ2) is 9.46. The highest BCUT2D eigenvalue weighted by Gasteiger charge is 2.28. The first kappa shape index (κ1) is 20.1. The molecule has 0 saturated heterocycles. The normalized spacial score (nSPS) is 11.0. The van der Waals surface area contributed by atoms with Gasteiger partial charge in [0.1, 0.15) is 11.0 Å². The van der Waals surface area contributed by atoms with Crippen LogP contribution >= 0.6 is 13.5 Å². The lowest BCUT2D eigenvalue weighted by atomic mass is 10.0. The molecule has 5 heteroatoms. The van der Waals surface area contributed by atoms with E-state index in [2.05, 4.69) is 0 Å². The third kappa shape index (κ3) is 5.64. The standard InChI is InChI=1S/C21H20O3S.H2S/c22-25(23,24-20-14-8-3-9-15-20)21(16-18-10-4-1-5-11-18)17-19-12-6-2-7-13-19;/h1-15,21H,16-17H2;1H2.